The van der Waals surface area contributed by atoms with Crippen LogP contribution in [0.1, 0.15) is 17.4 Å². The average Bonchev–Trinajstić information content (AvgIpc) is 2.86. The van der Waals surface area contributed by atoms with Gasteiger partial charge in [-0.1, -0.05) is 41.9 Å². The Morgan fingerprint density at radius 1 is 0.895 bits per heavy atom. The predicted molar refractivity (Wildman–Crippen MR) is 78.7 cm³/mol. The van der Waals surface area contributed by atoms with Gasteiger partial charge in [-0.2, -0.15) is 0 Å². The van der Waals surface area contributed by atoms with Gasteiger partial charge < -0.3 is 10.2 Å². The van der Waals surface area contributed by atoms with Gasteiger partial charge in [-0.15, -0.1) is 0 Å². The Labute approximate surface area is 120 Å². The molecule has 1 atom stereocenters. The van der Waals surface area contributed by atoms with Gasteiger partial charge in [0.2, 0.25) is 0 Å². The molecule has 2 N–H and O–H groups in total. The molecule has 19 heavy (non-hydrogen) atoms. The second-order valence-electron chi connectivity index (χ2n) is 4.30. The third kappa shape index (κ3) is 2.23. The zero-order chi connectivity index (χ0) is 13.4. The Balaban J connectivity index is 2.18. The summed E-state index contributed by atoms with van der Waals surface area (Å²) < 4.78 is 5.39. The predicted octanol–water partition coefficient (Wildman–Crippen LogP) is 4.79. The lowest BCUT2D eigenvalue weighted by molar-refractivity contribution is 0.492. The fourth-order valence-corrected chi connectivity index (χ4v) is 2.59. The van der Waals surface area contributed by atoms with Gasteiger partial charge in [0.05, 0.1) is 6.04 Å². The standard InChI is InChI=1S/C15H11Cl2NO/c16-12-6-5-11(9-3-1-2-4-10(9)12)15(18)13-7-8-14(17)19-13/h1-8,15H,18H2. The Hall–Kier alpha value is -1.48. The highest BCUT2D eigenvalue weighted by Crippen LogP contribution is 2.32. The van der Waals surface area contributed by atoms with Gasteiger partial charge in [0.25, 0.3) is 0 Å². The zero-order valence-electron chi connectivity index (χ0n) is 9.94. The maximum absolute atomic E-state index is 6.25. The second-order valence-corrected chi connectivity index (χ2v) is 5.08. The molecule has 0 amide bonds. The van der Waals surface area contributed by atoms with Crippen molar-refractivity contribution in [2.24, 2.45) is 5.73 Å². The molecule has 1 unspecified atom stereocenters. The average molecular weight is 292 g/mol. The lowest BCUT2D eigenvalue weighted by atomic mass is 9.98. The topological polar surface area (TPSA) is 39.2 Å². The molecule has 0 saturated carbocycles. The van der Waals surface area contributed by atoms with E-state index in [1.54, 1.807) is 12.1 Å². The van der Waals surface area contributed by atoms with E-state index >= 15 is 0 Å². The van der Waals surface area contributed by atoms with Crippen molar-refractivity contribution in [3.05, 3.63) is 70.1 Å². The van der Waals surface area contributed by atoms with E-state index in [1.807, 2.05) is 36.4 Å². The van der Waals surface area contributed by atoms with Crippen LogP contribution >= 0.6 is 23.2 Å². The van der Waals surface area contributed by atoms with Crippen molar-refractivity contribution in [3.63, 3.8) is 0 Å². The first kappa shape index (κ1) is 12.5. The third-order valence-corrected chi connectivity index (χ3v) is 3.67. The zero-order valence-corrected chi connectivity index (χ0v) is 11.4. The highest BCUT2D eigenvalue weighted by Gasteiger charge is 2.16. The molecule has 3 rings (SSSR count). The molecule has 0 aliphatic rings. The van der Waals surface area contributed by atoms with Crippen molar-refractivity contribution in [2.75, 3.05) is 0 Å². The lowest BCUT2D eigenvalue weighted by Crippen LogP contribution is -2.11. The van der Waals surface area contributed by atoms with Gasteiger partial charge in [-0.3, -0.25) is 0 Å². The van der Waals surface area contributed by atoms with Crippen LogP contribution in [-0.2, 0) is 0 Å². The summed E-state index contributed by atoms with van der Waals surface area (Å²) in [5.41, 5.74) is 7.21. The Bertz CT molecular complexity index is 736. The summed E-state index contributed by atoms with van der Waals surface area (Å²) in [6, 6.07) is 14.8. The van der Waals surface area contributed by atoms with Crippen molar-refractivity contribution >= 4 is 34.0 Å². The van der Waals surface area contributed by atoms with Crippen molar-refractivity contribution in [1.82, 2.24) is 0 Å². The minimum Gasteiger partial charge on any atom is -0.448 e. The summed E-state index contributed by atoms with van der Waals surface area (Å²) in [7, 11) is 0. The number of fused-ring (bicyclic) bond motifs is 1. The van der Waals surface area contributed by atoms with Crippen molar-refractivity contribution in [3.8, 4) is 0 Å². The van der Waals surface area contributed by atoms with Crippen molar-refractivity contribution in [2.45, 2.75) is 6.04 Å². The van der Waals surface area contributed by atoms with E-state index < -0.39 is 0 Å². The van der Waals surface area contributed by atoms with E-state index in [0.717, 1.165) is 16.3 Å². The molecule has 1 aromatic heterocycles. The van der Waals surface area contributed by atoms with E-state index in [0.29, 0.717) is 16.0 Å². The van der Waals surface area contributed by atoms with Crippen LogP contribution in [-0.4, -0.2) is 0 Å². The van der Waals surface area contributed by atoms with Gasteiger partial charge in [0, 0.05) is 10.4 Å². The lowest BCUT2D eigenvalue weighted by Gasteiger charge is -2.13. The molecule has 4 heteroatoms. The molecule has 0 spiro atoms. The van der Waals surface area contributed by atoms with Crippen LogP contribution in [0.2, 0.25) is 10.2 Å². The van der Waals surface area contributed by atoms with Crippen LogP contribution in [0.5, 0.6) is 0 Å². The molecule has 2 aromatic carbocycles. The Kier molecular flexibility index (Phi) is 3.23. The summed E-state index contributed by atoms with van der Waals surface area (Å²) in [5.74, 6) is 0.637. The normalized spacial score (nSPS) is 12.8. The Morgan fingerprint density at radius 2 is 1.63 bits per heavy atom. The summed E-state index contributed by atoms with van der Waals surface area (Å²) in [6.07, 6.45) is 0. The van der Waals surface area contributed by atoms with E-state index in [4.69, 9.17) is 33.4 Å². The first-order valence-electron chi connectivity index (χ1n) is 5.85. The van der Waals surface area contributed by atoms with E-state index in [9.17, 15) is 0 Å². The number of halogens is 2. The van der Waals surface area contributed by atoms with Gasteiger partial charge in [0.15, 0.2) is 5.22 Å². The molecule has 3 aromatic rings. The van der Waals surface area contributed by atoms with Crippen LogP contribution in [0.3, 0.4) is 0 Å². The highest BCUT2D eigenvalue weighted by atomic mass is 35.5. The van der Waals surface area contributed by atoms with E-state index in [-0.39, 0.29) is 6.04 Å². The molecule has 96 valence electrons. The monoisotopic (exact) mass is 291 g/mol. The van der Waals surface area contributed by atoms with Crippen LogP contribution in [0, 0.1) is 0 Å². The fraction of sp³-hybridized carbons (Fsp3) is 0.0667. The number of hydrogen-bond donors (Lipinski definition) is 1. The van der Waals surface area contributed by atoms with Crippen LogP contribution in [0.25, 0.3) is 10.8 Å². The molecule has 1 heterocycles. The molecule has 0 bridgehead atoms. The number of benzene rings is 2. The van der Waals surface area contributed by atoms with Gasteiger partial charge in [-0.05, 0) is 40.7 Å². The Morgan fingerprint density at radius 3 is 2.32 bits per heavy atom. The molecule has 0 aliphatic heterocycles. The molecule has 0 saturated heterocycles. The quantitative estimate of drug-likeness (QED) is 0.737. The summed E-state index contributed by atoms with van der Waals surface area (Å²) in [4.78, 5) is 0. The second kappa shape index (κ2) is 4.89. The molecular weight excluding hydrogens is 281 g/mol. The van der Waals surface area contributed by atoms with E-state index in [1.165, 1.54) is 0 Å². The largest absolute Gasteiger partial charge is 0.448 e. The number of nitrogens with two attached hydrogens (primary N) is 1. The first-order valence-corrected chi connectivity index (χ1v) is 6.60. The van der Waals surface area contributed by atoms with Crippen LogP contribution in [0.15, 0.2) is 52.9 Å². The minimum atomic E-state index is -0.366. The van der Waals surface area contributed by atoms with E-state index in [2.05, 4.69) is 0 Å². The molecule has 0 radical (unpaired) electrons. The summed E-state index contributed by atoms with van der Waals surface area (Å²) >= 11 is 12.0. The van der Waals surface area contributed by atoms with Crippen molar-refractivity contribution < 1.29 is 4.42 Å². The van der Waals surface area contributed by atoms with Gasteiger partial charge in [0.1, 0.15) is 5.76 Å². The smallest absolute Gasteiger partial charge is 0.193 e. The number of hydrogen-bond acceptors (Lipinski definition) is 2. The maximum atomic E-state index is 6.25. The summed E-state index contributed by atoms with van der Waals surface area (Å²) in [5, 5.41) is 3.05. The number of furan rings is 1. The molecule has 0 aliphatic carbocycles. The minimum absolute atomic E-state index is 0.337. The number of rotatable bonds is 2. The fourth-order valence-electron chi connectivity index (χ4n) is 2.21. The maximum Gasteiger partial charge on any atom is 0.193 e. The van der Waals surface area contributed by atoms with Crippen molar-refractivity contribution in [1.29, 1.82) is 0 Å². The van der Waals surface area contributed by atoms with Gasteiger partial charge in [-0.25, -0.2) is 0 Å². The highest BCUT2D eigenvalue weighted by molar-refractivity contribution is 6.35. The SMILES string of the molecule is NC(c1ccc(Cl)o1)c1ccc(Cl)c2ccccc12. The molecular formula is C15H11Cl2NO. The summed E-state index contributed by atoms with van der Waals surface area (Å²) in [6.45, 7) is 0. The van der Waals surface area contributed by atoms with Crippen LogP contribution in [0.4, 0.5) is 0 Å². The van der Waals surface area contributed by atoms with Gasteiger partial charge >= 0.3 is 0 Å². The third-order valence-electron chi connectivity index (χ3n) is 3.14. The molecule has 2 nitrogen and oxygen atoms in total. The first-order chi connectivity index (χ1) is 9.16. The molecule has 0 fully saturated rings. The van der Waals surface area contributed by atoms with Crippen LogP contribution < -0.4 is 5.73 Å².